The van der Waals surface area contributed by atoms with E-state index >= 15 is 0 Å². The summed E-state index contributed by atoms with van der Waals surface area (Å²) in [6.07, 6.45) is 0. The molecule has 0 aliphatic rings. The zero-order valence-corrected chi connectivity index (χ0v) is 12.8. The minimum atomic E-state index is -1.35. The van der Waals surface area contributed by atoms with Crippen molar-refractivity contribution in [2.24, 2.45) is 5.92 Å². The number of carboxylic acids is 1. The van der Waals surface area contributed by atoms with Crippen LogP contribution in [0.3, 0.4) is 0 Å². The topological polar surface area (TPSA) is 57.6 Å². The fourth-order valence-corrected chi connectivity index (χ4v) is 2.94. The van der Waals surface area contributed by atoms with Crippen LogP contribution in [-0.4, -0.2) is 27.9 Å². The Morgan fingerprint density at radius 1 is 1.10 bits per heavy atom. The second-order valence-electron chi connectivity index (χ2n) is 5.58. The lowest BCUT2D eigenvalue weighted by Gasteiger charge is -2.45. The van der Waals surface area contributed by atoms with Crippen molar-refractivity contribution in [1.82, 2.24) is 4.90 Å². The molecule has 1 amide bonds. The Kier molecular flexibility index (Phi) is 4.93. The summed E-state index contributed by atoms with van der Waals surface area (Å²) in [5.74, 6) is -1.49. The quantitative estimate of drug-likeness (QED) is 0.900. The predicted octanol–water partition coefficient (Wildman–Crippen LogP) is 2.88. The average molecular weight is 277 g/mol. The summed E-state index contributed by atoms with van der Waals surface area (Å²) in [7, 11) is 0. The third kappa shape index (κ3) is 2.55. The average Bonchev–Trinajstić information content (AvgIpc) is 2.34. The van der Waals surface area contributed by atoms with Gasteiger partial charge in [0.05, 0.1) is 0 Å². The molecule has 1 unspecified atom stereocenters. The number of amides is 1. The fourth-order valence-electron chi connectivity index (χ4n) is 2.94. The molecule has 0 bridgehead atoms. The third-order valence-electron chi connectivity index (χ3n) is 3.61. The van der Waals surface area contributed by atoms with Gasteiger partial charge >= 0.3 is 5.97 Å². The Morgan fingerprint density at radius 3 is 1.90 bits per heavy atom. The van der Waals surface area contributed by atoms with Gasteiger partial charge in [0.25, 0.3) is 0 Å². The Balaban J connectivity index is 3.64. The first kappa shape index (κ1) is 16.2. The van der Waals surface area contributed by atoms with Crippen molar-refractivity contribution in [2.45, 2.75) is 46.2 Å². The van der Waals surface area contributed by atoms with E-state index in [2.05, 4.69) is 0 Å². The summed E-state index contributed by atoms with van der Waals surface area (Å²) in [4.78, 5) is 25.7. The van der Waals surface area contributed by atoms with E-state index in [1.54, 1.807) is 24.3 Å². The molecular formula is C16H23NO3. The van der Waals surface area contributed by atoms with Crippen molar-refractivity contribution in [3.8, 4) is 0 Å². The second kappa shape index (κ2) is 6.07. The van der Waals surface area contributed by atoms with Gasteiger partial charge in [0.2, 0.25) is 5.91 Å². The van der Waals surface area contributed by atoms with Crippen molar-refractivity contribution in [1.29, 1.82) is 0 Å². The molecule has 0 spiro atoms. The van der Waals surface area contributed by atoms with E-state index in [9.17, 15) is 14.7 Å². The molecule has 0 saturated carbocycles. The van der Waals surface area contributed by atoms with Crippen LogP contribution in [0.5, 0.6) is 0 Å². The van der Waals surface area contributed by atoms with E-state index in [0.29, 0.717) is 5.56 Å². The normalized spacial score (nSPS) is 14.2. The Bertz CT molecular complexity index is 482. The van der Waals surface area contributed by atoms with E-state index in [0.717, 1.165) is 0 Å². The van der Waals surface area contributed by atoms with Gasteiger partial charge in [-0.15, -0.1) is 0 Å². The molecule has 1 aromatic carbocycles. The zero-order chi connectivity index (χ0) is 15.5. The lowest BCUT2D eigenvalue weighted by atomic mass is 9.77. The van der Waals surface area contributed by atoms with Gasteiger partial charge in [-0.3, -0.25) is 4.79 Å². The number of carbonyl (C=O) groups excluding carboxylic acids is 1. The van der Waals surface area contributed by atoms with Crippen molar-refractivity contribution >= 4 is 11.9 Å². The Hall–Kier alpha value is -1.84. The highest BCUT2D eigenvalue weighted by Crippen LogP contribution is 2.38. The Labute approximate surface area is 120 Å². The monoisotopic (exact) mass is 277 g/mol. The standard InChI is InChI=1S/C16H23NO3/c1-11(2)16(15(19)20,14-9-7-6-8-10-14)17(12(3)4)13(5)18/h6-12H,1-5H3,(H,19,20). The maximum Gasteiger partial charge on any atom is 0.334 e. The van der Waals surface area contributed by atoms with E-state index in [-0.39, 0.29) is 17.9 Å². The summed E-state index contributed by atoms with van der Waals surface area (Å²) in [5.41, 5.74) is -0.715. The predicted molar refractivity (Wildman–Crippen MR) is 78.2 cm³/mol. The third-order valence-corrected chi connectivity index (χ3v) is 3.61. The molecule has 0 aromatic heterocycles. The van der Waals surface area contributed by atoms with E-state index in [1.165, 1.54) is 11.8 Å². The number of hydrogen-bond donors (Lipinski definition) is 1. The van der Waals surface area contributed by atoms with Crippen molar-refractivity contribution in [3.05, 3.63) is 35.9 Å². The molecule has 0 saturated heterocycles. The van der Waals surface area contributed by atoms with Gasteiger partial charge in [0.1, 0.15) is 0 Å². The molecule has 4 nitrogen and oxygen atoms in total. The molecular weight excluding hydrogens is 254 g/mol. The minimum Gasteiger partial charge on any atom is -0.479 e. The van der Waals surface area contributed by atoms with E-state index in [1.807, 2.05) is 33.8 Å². The second-order valence-corrected chi connectivity index (χ2v) is 5.58. The molecule has 0 aliphatic heterocycles. The number of rotatable bonds is 5. The highest BCUT2D eigenvalue weighted by atomic mass is 16.4. The van der Waals surface area contributed by atoms with Crippen LogP contribution in [0.1, 0.15) is 40.2 Å². The van der Waals surface area contributed by atoms with Crippen LogP contribution in [0.2, 0.25) is 0 Å². The van der Waals surface area contributed by atoms with Crippen LogP contribution < -0.4 is 0 Å². The molecule has 110 valence electrons. The molecule has 0 aliphatic carbocycles. The number of nitrogens with zero attached hydrogens (tertiary/aromatic N) is 1. The lowest BCUT2D eigenvalue weighted by Crippen LogP contribution is -2.59. The maximum absolute atomic E-state index is 12.1. The summed E-state index contributed by atoms with van der Waals surface area (Å²) in [5, 5.41) is 9.92. The number of carboxylic acid groups (broad SMARTS) is 1. The van der Waals surface area contributed by atoms with E-state index in [4.69, 9.17) is 0 Å². The lowest BCUT2D eigenvalue weighted by molar-refractivity contribution is -0.166. The van der Waals surface area contributed by atoms with Gasteiger partial charge in [-0.1, -0.05) is 44.2 Å². The first-order valence-corrected chi connectivity index (χ1v) is 6.85. The SMILES string of the molecule is CC(=O)N(C(C)C)C(C(=O)O)(c1ccccc1)C(C)C. The maximum atomic E-state index is 12.1. The summed E-state index contributed by atoms with van der Waals surface area (Å²) in [6, 6.07) is 8.77. The smallest absolute Gasteiger partial charge is 0.334 e. The zero-order valence-electron chi connectivity index (χ0n) is 12.8. The number of hydrogen-bond acceptors (Lipinski definition) is 2. The molecule has 0 radical (unpaired) electrons. The van der Waals surface area contributed by atoms with Crippen LogP contribution in [-0.2, 0) is 15.1 Å². The van der Waals surface area contributed by atoms with Gasteiger partial charge < -0.3 is 10.0 Å². The van der Waals surface area contributed by atoms with Crippen molar-refractivity contribution in [2.75, 3.05) is 0 Å². The minimum absolute atomic E-state index is 0.203. The van der Waals surface area contributed by atoms with Crippen molar-refractivity contribution < 1.29 is 14.7 Å². The van der Waals surface area contributed by atoms with Gasteiger partial charge in [-0.05, 0) is 25.3 Å². The molecule has 1 N–H and O–H groups in total. The van der Waals surface area contributed by atoms with Gasteiger partial charge in [0.15, 0.2) is 5.54 Å². The van der Waals surface area contributed by atoms with Gasteiger partial charge in [0, 0.05) is 13.0 Å². The highest BCUT2D eigenvalue weighted by Gasteiger charge is 2.50. The number of benzene rings is 1. The molecule has 20 heavy (non-hydrogen) atoms. The van der Waals surface area contributed by atoms with Crippen LogP contribution in [0.15, 0.2) is 30.3 Å². The summed E-state index contributed by atoms with van der Waals surface area (Å²) < 4.78 is 0. The first-order valence-electron chi connectivity index (χ1n) is 6.85. The molecule has 0 heterocycles. The molecule has 1 aromatic rings. The van der Waals surface area contributed by atoms with Crippen LogP contribution in [0.4, 0.5) is 0 Å². The summed E-state index contributed by atoms with van der Waals surface area (Å²) >= 11 is 0. The van der Waals surface area contributed by atoms with Crippen molar-refractivity contribution in [3.63, 3.8) is 0 Å². The first-order chi connectivity index (χ1) is 9.26. The molecule has 0 fully saturated rings. The number of aliphatic carboxylic acids is 1. The van der Waals surface area contributed by atoms with Gasteiger partial charge in [-0.25, -0.2) is 4.79 Å². The molecule has 4 heteroatoms. The largest absolute Gasteiger partial charge is 0.479 e. The van der Waals surface area contributed by atoms with Crippen LogP contribution >= 0.6 is 0 Å². The molecule has 1 rings (SSSR count). The summed E-state index contributed by atoms with van der Waals surface area (Å²) in [6.45, 7) is 8.76. The van der Waals surface area contributed by atoms with Crippen LogP contribution in [0.25, 0.3) is 0 Å². The number of carbonyl (C=O) groups is 2. The van der Waals surface area contributed by atoms with Crippen LogP contribution in [0, 0.1) is 5.92 Å². The van der Waals surface area contributed by atoms with E-state index < -0.39 is 11.5 Å². The molecule has 1 atom stereocenters. The van der Waals surface area contributed by atoms with Gasteiger partial charge in [-0.2, -0.15) is 0 Å². The highest BCUT2D eigenvalue weighted by molar-refractivity contribution is 5.88. The fraction of sp³-hybridized carbons (Fsp3) is 0.500. The Morgan fingerprint density at radius 2 is 1.60 bits per heavy atom.